The fourth-order valence-corrected chi connectivity index (χ4v) is 3.85. The van der Waals surface area contributed by atoms with E-state index in [-0.39, 0.29) is 24.1 Å². The highest BCUT2D eigenvalue weighted by atomic mass is 19.1. The third kappa shape index (κ3) is 5.29. The van der Waals surface area contributed by atoms with Gasteiger partial charge in [-0.2, -0.15) is 0 Å². The van der Waals surface area contributed by atoms with Gasteiger partial charge < -0.3 is 24.3 Å². The summed E-state index contributed by atoms with van der Waals surface area (Å²) in [6, 6.07) is 15.0. The Labute approximate surface area is 187 Å². The number of carbonyl (C=O) groups is 1. The predicted octanol–water partition coefficient (Wildman–Crippen LogP) is 4.70. The molecule has 6 nitrogen and oxygen atoms in total. The molecule has 0 atom stereocenters. The van der Waals surface area contributed by atoms with Crippen molar-refractivity contribution in [3.05, 3.63) is 77.5 Å². The highest BCUT2D eigenvalue weighted by Crippen LogP contribution is 2.25. The first-order chi connectivity index (χ1) is 15.5. The van der Waals surface area contributed by atoms with E-state index in [0.717, 1.165) is 44.0 Å². The van der Waals surface area contributed by atoms with E-state index in [9.17, 15) is 9.18 Å². The van der Waals surface area contributed by atoms with Crippen molar-refractivity contribution in [2.45, 2.75) is 20.5 Å². The van der Waals surface area contributed by atoms with E-state index < -0.39 is 0 Å². The van der Waals surface area contributed by atoms with E-state index in [1.807, 2.05) is 12.1 Å². The maximum absolute atomic E-state index is 13.0. The van der Waals surface area contributed by atoms with Gasteiger partial charge in [0.05, 0.1) is 0 Å². The van der Waals surface area contributed by atoms with Gasteiger partial charge in [-0.15, -0.1) is 0 Å². The van der Waals surface area contributed by atoms with Crippen molar-refractivity contribution in [1.82, 2.24) is 4.90 Å². The first-order valence-electron chi connectivity index (χ1n) is 10.9. The van der Waals surface area contributed by atoms with E-state index >= 15 is 0 Å². The third-order valence-electron chi connectivity index (χ3n) is 5.70. The summed E-state index contributed by atoms with van der Waals surface area (Å²) < 4.78 is 24.1. The molecule has 1 fully saturated rings. The fourth-order valence-electron chi connectivity index (χ4n) is 3.85. The van der Waals surface area contributed by atoms with Crippen molar-refractivity contribution < 1.29 is 18.3 Å². The number of piperazine rings is 1. The van der Waals surface area contributed by atoms with Gasteiger partial charge in [0.25, 0.3) is 5.91 Å². The zero-order valence-corrected chi connectivity index (χ0v) is 18.4. The summed E-state index contributed by atoms with van der Waals surface area (Å²) in [5.74, 6) is 0.608. The Kier molecular flexibility index (Phi) is 6.75. The average Bonchev–Trinajstić information content (AvgIpc) is 3.28. The van der Waals surface area contributed by atoms with Crippen LogP contribution in [0.3, 0.4) is 0 Å². The number of nitrogens with one attached hydrogen (secondary N) is 1. The Morgan fingerprint density at radius 2 is 1.81 bits per heavy atom. The SMILES string of the molecule is CCN1CCN(c2ccc(NC(=O)c3ccc(COc4ccc(F)cc4)o3)cc2C)CC1. The second kappa shape index (κ2) is 9.87. The summed E-state index contributed by atoms with van der Waals surface area (Å²) in [6.45, 7) is 9.65. The predicted molar refractivity (Wildman–Crippen MR) is 123 cm³/mol. The van der Waals surface area contributed by atoms with Gasteiger partial charge in [0.2, 0.25) is 0 Å². The zero-order chi connectivity index (χ0) is 22.5. The van der Waals surface area contributed by atoms with Gasteiger partial charge in [-0.25, -0.2) is 4.39 Å². The minimum Gasteiger partial charge on any atom is -0.486 e. The summed E-state index contributed by atoms with van der Waals surface area (Å²) in [6.07, 6.45) is 0. The molecule has 0 unspecified atom stereocenters. The molecule has 1 amide bonds. The van der Waals surface area contributed by atoms with Crippen LogP contribution < -0.4 is 15.0 Å². The number of hydrogen-bond acceptors (Lipinski definition) is 5. The first-order valence-corrected chi connectivity index (χ1v) is 10.9. The summed E-state index contributed by atoms with van der Waals surface area (Å²) in [5, 5.41) is 2.90. The Bertz CT molecular complexity index is 1060. The molecule has 2 aromatic carbocycles. The Morgan fingerprint density at radius 1 is 1.06 bits per heavy atom. The van der Waals surface area contributed by atoms with Gasteiger partial charge in [0, 0.05) is 37.6 Å². The van der Waals surface area contributed by atoms with Crippen molar-refractivity contribution >= 4 is 17.3 Å². The van der Waals surface area contributed by atoms with Crippen molar-refractivity contribution in [2.24, 2.45) is 0 Å². The van der Waals surface area contributed by atoms with Crippen LogP contribution in [-0.4, -0.2) is 43.5 Å². The topological polar surface area (TPSA) is 58.0 Å². The smallest absolute Gasteiger partial charge is 0.291 e. The van der Waals surface area contributed by atoms with Crippen LogP contribution in [0.2, 0.25) is 0 Å². The molecule has 0 spiro atoms. The maximum Gasteiger partial charge on any atom is 0.291 e. The summed E-state index contributed by atoms with van der Waals surface area (Å²) in [4.78, 5) is 17.4. The second-order valence-corrected chi connectivity index (χ2v) is 7.89. The lowest BCUT2D eigenvalue weighted by molar-refractivity contribution is 0.0992. The lowest BCUT2D eigenvalue weighted by Gasteiger charge is -2.36. The highest BCUT2D eigenvalue weighted by molar-refractivity contribution is 6.02. The second-order valence-electron chi connectivity index (χ2n) is 7.89. The minimum absolute atomic E-state index is 0.151. The number of anilines is 2. The van der Waals surface area contributed by atoms with Crippen LogP contribution >= 0.6 is 0 Å². The van der Waals surface area contributed by atoms with E-state index in [1.54, 1.807) is 24.3 Å². The molecule has 7 heteroatoms. The molecule has 0 bridgehead atoms. The number of rotatable bonds is 7. The monoisotopic (exact) mass is 437 g/mol. The van der Waals surface area contributed by atoms with Gasteiger partial charge in [0.1, 0.15) is 23.9 Å². The van der Waals surface area contributed by atoms with Crippen molar-refractivity contribution in [3.8, 4) is 5.75 Å². The molecule has 1 aromatic heterocycles. The minimum atomic E-state index is -0.323. The van der Waals surface area contributed by atoms with Crippen molar-refractivity contribution in [3.63, 3.8) is 0 Å². The van der Waals surface area contributed by atoms with Crippen LogP contribution in [0.15, 0.2) is 59.0 Å². The van der Waals surface area contributed by atoms with E-state index in [2.05, 4.69) is 35.0 Å². The van der Waals surface area contributed by atoms with E-state index in [4.69, 9.17) is 9.15 Å². The molecule has 2 heterocycles. The first kappa shape index (κ1) is 21.9. The Hall–Kier alpha value is -3.32. The summed E-state index contributed by atoms with van der Waals surface area (Å²) in [7, 11) is 0. The molecule has 1 aliphatic rings. The lowest BCUT2D eigenvalue weighted by Crippen LogP contribution is -2.46. The number of aryl methyl sites for hydroxylation is 1. The number of ether oxygens (including phenoxy) is 1. The van der Waals surface area contributed by atoms with Crippen LogP contribution in [0.4, 0.5) is 15.8 Å². The zero-order valence-electron chi connectivity index (χ0n) is 18.4. The highest BCUT2D eigenvalue weighted by Gasteiger charge is 2.18. The molecule has 1 aliphatic heterocycles. The Morgan fingerprint density at radius 3 is 2.50 bits per heavy atom. The quantitative estimate of drug-likeness (QED) is 0.581. The number of nitrogens with zero attached hydrogens (tertiary/aromatic N) is 2. The van der Waals surface area contributed by atoms with Crippen LogP contribution in [0.1, 0.15) is 28.8 Å². The summed E-state index contributed by atoms with van der Waals surface area (Å²) >= 11 is 0. The molecule has 0 aliphatic carbocycles. The average molecular weight is 438 g/mol. The molecule has 168 valence electrons. The molecular formula is C25H28FN3O3. The van der Waals surface area contributed by atoms with Crippen molar-refractivity contribution in [2.75, 3.05) is 42.9 Å². The molecule has 1 saturated heterocycles. The largest absolute Gasteiger partial charge is 0.486 e. The number of hydrogen-bond donors (Lipinski definition) is 1. The van der Waals surface area contributed by atoms with Gasteiger partial charge >= 0.3 is 0 Å². The van der Waals surface area contributed by atoms with Gasteiger partial charge in [-0.1, -0.05) is 6.92 Å². The number of carbonyl (C=O) groups excluding carboxylic acids is 1. The van der Waals surface area contributed by atoms with Gasteiger partial charge in [0.15, 0.2) is 5.76 Å². The molecular weight excluding hydrogens is 409 g/mol. The number of amides is 1. The number of furan rings is 1. The van der Waals surface area contributed by atoms with E-state index in [1.165, 1.54) is 17.8 Å². The number of benzene rings is 2. The standard InChI is InChI=1S/C25H28FN3O3/c1-3-28-12-14-29(15-13-28)23-10-6-20(16-18(23)2)27-25(30)24-11-9-22(32-24)17-31-21-7-4-19(26)5-8-21/h4-11,16H,3,12-15,17H2,1-2H3,(H,27,30). The maximum atomic E-state index is 13.0. The van der Waals surface area contributed by atoms with Crippen molar-refractivity contribution in [1.29, 1.82) is 0 Å². The Balaban J connectivity index is 1.33. The third-order valence-corrected chi connectivity index (χ3v) is 5.70. The van der Waals surface area contributed by atoms with Crippen LogP contribution in [0.25, 0.3) is 0 Å². The van der Waals surface area contributed by atoms with E-state index in [0.29, 0.717) is 11.5 Å². The van der Waals surface area contributed by atoms with Crippen LogP contribution in [-0.2, 0) is 6.61 Å². The molecule has 32 heavy (non-hydrogen) atoms. The normalized spacial score (nSPS) is 14.4. The molecule has 3 aromatic rings. The summed E-state index contributed by atoms with van der Waals surface area (Å²) in [5.41, 5.74) is 3.06. The molecule has 1 N–H and O–H groups in total. The molecule has 4 rings (SSSR count). The van der Waals surface area contributed by atoms with Crippen LogP contribution in [0.5, 0.6) is 5.75 Å². The number of halogens is 1. The fraction of sp³-hybridized carbons (Fsp3) is 0.320. The van der Waals surface area contributed by atoms with Gasteiger partial charge in [-0.3, -0.25) is 4.79 Å². The molecule has 0 radical (unpaired) electrons. The number of likely N-dealkylation sites (N-methyl/N-ethyl adjacent to an activating group) is 1. The van der Waals surface area contributed by atoms with Gasteiger partial charge in [-0.05, 0) is 73.6 Å². The molecule has 0 saturated carbocycles. The van der Waals surface area contributed by atoms with Crippen LogP contribution in [0, 0.1) is 12.7 Å². The lowest BCUT2D eigenvalue weighted by atomic mass is 10.1.